The molecule has 5 fully saturated rings. The molecule has 30 heavy (non-hydrogen) atoms. The van der Waals surface area contributed by atoms with Crippen LogP contribution in [0.4, 0.5) is 11.4 Å². The Morgan fingerprint density at radius 2 is 1.63 bits per heavy atom. The Morgan fingerprint density at radius 3 is 2.17 bits per heavy atom. The standard InChI is InChI=1S/C25H38N4O/c1-3-28-8-10-29(11-9-28)23-6-4-22(5-7-23)26-18(2)24(30)27-25-15-19-12-20(16-25)14-21(13-19)17-25/h4-7,18-21,26H,3,8-17H2,1-2H3,(H,27,30)/p+1/t18-,19?,20?,21?,25?/m0/s1. The van der Waals surface area contributed by atoms with E-state index >= 15 is 0 Å². The normalized spacial score (nSPS) is 34.1. The van der Waals surface area contributed by atoms with Gasteiger partial charge in [-0.05, 0) is 94.4 Å². The van der Waals surface area contributed by atoms with Crippen LogP contribution in [0.25, 0.3) is 0 Å². The molecule has 4 aliphatic carbocycles. The molecule has 1 aromatic carbocycles. The zero-order valence-electron chi connectivity index (χ0n) is 18.8. The molecule has 1 atom stereocenters. The van der Waals surface area contributed by atoms with E-state index in [4.69, 9.17) is 0 Å². The lowest BCUT2D eigenvalue weighted by Crippen LogP contribution is -3.14. The Kier molecular flexibility index (Phi) is 5.42. The number of hydrogen-bond acceptors (Lipinski definition) is 3. The van der Waals surface area contributed by atoms with Crippen molar-refractivity contribution < 1.29 is 9.69 Å². The van der Waals surface area contributed by atoms with Gasteiger partial charge < -0.3 is 20.4 Å². The molecule has 1 aliphatic heterocycles. The fourth-order valence-corrected chi connectivity index (χ4v) is 7.15. The molecule has 1 amide bonds. The van der Waals surface area contributed by atoms with Crippen molar-refractivity contribution in [1.29, 1.82) is 0 Å². The van der Waals surface area contributed by atoms with Crippen molar-refractivity contribution in [1.82, 2.24) is 5.32 Å². The molecule has 0 spiro atoms. The largest absolute Gasteiger partial charge is 0.374 e. The molecule has 5 nitrogen and oxygen atoms in total. The van der Waals surface area contributed by atoms with Gasteiger partial charge in [-0.3, -0.25) is 4.79 Å². The van der Waals surface area contributed by atoms with E-state index in [0.717, 1.165) is 36.5 Å². The maximum Gasteiger partial charge on any atom is 0.242 e. The van der Waals surface area contributed by atoms with Crippen molar-refractivity contribution in [3.8, 4) is 0 Å². The second-order valence-corrected chi connectivity index (χ2v) is 10.7. The van der Waals surface area contributed by atoms with Gasteiger partial charge in [0.25, 0.3) is 0 Å². The molecule has 0 unspecified atom stereocenters. The molecular weight excluding hydrogens is 372 g/mol. The lowest BCUT2D eigenvalue weighted by molar-refractivity contribution is -0.898. The van der Waals surface area contributed by atoms with Crippen molar-refractivity contribution in [3.05, 3.63) is 24.3 Å². The fourth-order valence-electron chi connectivity index (χ4n) is 7.15. The van der Waals surface area contributed by atoms with Crippen molar-refractivity contribution in [3.63, 3.8) is 0 Å². The number of hydrogen-bond donors (Lipinski definition) is 3. The summed E-state index contributed by atoms with van der Waals surface area (Å²) in [5, 5.41) is 6.94. The molecule has 1 saturated heterocycles. The number of likely N-dealkylation sites (N-methyl/N-ethyl adjacent to an activating group) is 1. The summed E-state index contributed by atoms with van der Waals surface area (Å²) in [4.78, 5) is 17.2. The second kappa shape index (κ2) is 8.07. The van der Waals surface area contributed by atoms with E-state index in [9.17, 15) is 4.79 Å². The van der Waals surface area contributed by atoms with Gasteiger partial charge in [-0.25, -0.2) is 0 Å². The van der Waals surface area contributed by atoms with E-state index in [1.165, 1.54) is 63.8 Å². The van der Waals surface area contributed by atoms with Crippen LogP contribution in [0.1, 0.15) is 52.4 Å². The minimum absolute atomic E-state index is 0.0915. The third kappa shape index (κ3) is 4.05. The van der Waals surface area contributed by atoms with Crippen molar-refractivity contribution in [2.75, 3.05) is 42.9 Å². The van der Waals surface area contributed by atoms with E-state index in [1.807, 2.05) is 6.92 Å². The molecule has 6 rings (SSSR count). The third-order valence-corrected chi connectivity index (χ3v) is 8.41. The summed E-state index contributed by atoms with van der Waals surface area (Å²) >= 11 is 0. The van der Waals surface area contributed by atoms with E-state index in [0.29, 0.717) is 0 Å². The third-order valence-electron chi connectivity index (χ3n) is 8.41. The van der Waals surface area contributed by atoms with Crippen molar-refractivity contribution >= 4 is 17.3 Å². The highest BCUT2D eigenvalue weighted by Crippen LogP contribution is 2.55. The summed E-state index contributed by atoms with van der Waals surface area (Å²) in [6.07, 6.45) is 7.84. The number of carbonyl (C=O) groups excluding carboxylic acids is 1. The van der Waals surface area contributed by atoms with E-state index in [1.54, 1.807) is 4.90 Å². The first kappa shape index (κ1) is 20.2. The monoisotopic (exact) mass is 411 g/mol. The molecule has 1 heterocycles. The topological polar surface area (TPSA) is 48.8 Å². The first-order valence-corrected chi connectivity index (χ1v) is 12.3. The van der Waals surface area contributed by atoms with Crippen LogP contribution in [0.5, 0.6) is 0 Å². The first-order valence-electron chi connectivity index (χ1n) is 12.3. The van der Waals surface area contributed by atoms with Crippen LogP contribution in [-0.4, -0.2) is 50.2 Å². The van der Waals surface area contributed by atoms with E-state index in [-0.39, 0.29) is 17.5 Å². The van der Waals surface area contributed by atoms with Crippen LogP contribution in [0.2, 0.25) is 0 Å². The van der Waals surface area contributed by atoms with Gasteiger partial charge in [0.05, 0.1) is 32.7 Å². The number of carbonyl (C=O) groups is 1. The maximum absolute atomic E-state index is 13.0. The van der Waals surface area contributed by atoms with Crippen LogP contribution in [0, 0.1) is 17.8 Å². The fraction of sp³-hybridized carbons (Fsp3) is 0.720. The molecule has 4 bridgehead atoms. The van der Waals surface area contributed by atoms with Gasteiger partial charge in [-0.1, -0.05) is 0 Å². The summed E-state index contributed by atoms with van der Waals surface area (Å²) in [5.74, 6) is 2.73. The van der Waals surface area contributed by atoms with Crippen LogP contribution >= 0.6 is 0 Å². The Hall–Kier alpha value is -1.75. The number of rotatable bonds is 6. The molecule has 0 radical (unpaired) electrons. The summed E-state index contributed by atoms with van der Waals surface area (Å²) < 4.78 is 0. The van der Waals surface area contributed by atoms with Gasteiger partial charge in [0.1, 0.15) is 6.04 Å². The molecule has 0 aromatic heterocycles. The number of benzene rings is 1. The van der Waals surface area contributed by atoms with E-state index < -0.39 is 0 Å². The zero-order valence-corrected chi connectivity index (χ0v) is 18.8. The van der Waals surface area contributed by atoms with Gasteiger partial charge in [0.2, 0.25) is 5.91 Å². The number of nitrogens with zero attached hydrogens (tertiary/aromatic N) is 1. The zero-order chi connectivity index (χ0) is 20.7. The number of amides is 1. The van der Waals surface area contributed by atoms with Crippen molar-refractivity contribution in [2.45, 2.75) is 64.0 Å². The van der Waals surface area contributed by atoms with Gasteiger partial charge >= 0.3 is 0 Å². The molecule has 5 aliphatic rings. The second-order valence-electron chi connectivity index (χ2n) is 10.7. The van der Waals surface area contributed by atoms with Gasteiger partial charge in [-0.15, -0.1) is 0 Å². The van der Waals surface area contributed by atoms with E-state index in [2.05, 4.69) is 46.7 Å². The van der Waals surface area contributed by atoms with Crippen LogP contribution in [0.3, 0.4) is 0 Å². The minimum Gasteiger partial charge on any atom is -0.374 e. The molecule has 4 saturated carbocycles. The van der Waals surface area contributed by atoms with Crippen LogP contribution in [-0.2, 0) is 4.79 Å². The Morgan fingerprint density at radius 1 is 1.07 bits per heavy atom. The number of nitrogens with one attached hydrogen (secondary N) is 3. The Labute approximate surface area is 181 Å². The van der Waals surface area contributed by atoms with Gasteiger partial charge in [0.15, 0.2) is 0 Å². The Balaban J connectivity index is 1.16. The molecule has 5 heteroatoms. The summed E-state index contributed by atoms with van der Waals surface area (Å²) in [5.41, 5.74) is 2.42. The number of piperazine rings is 1. The first-order chi connectivity index (χ1) is 14.5. The number of anilines is 2. The molecular formula is C25H39N4O+. The summed E-state index contributed by atoms with van der Waals surface area (Å²) in [6, 6.07) is 8.44. The molecule has 1 aromatic rings. The van der Waals surface area contributed by atoms with Gasteiger partial charge in [-0.2, -0.15) is 0 Å². The van der Waals surface area contributed by atoms with Crippen molar-refractivity contribution in [2.24, 2.45) is 17.8 Å². The lowest BCUT2D eigenvalue weighted by atomic mass is 9.53. The Bertz CT molecular complexity index is 718. The summed E-state index contributed by atoms with van der Waals surface area (Å²) in [7, 11) is 0. The highest BCUT2D eigenvalue weighted by Gasteiger charge is 2.51. The quantitative estimate of drug-likeness (QED) is 0.673. The molecule has 3 N–H and O–H groups in total. The summed E-state index contributed by atoms with van der Waals surface area (Å²) in [6.45, 7) is 10.2. The van der Waals surface area contributed by atoms with Crippen LogP contribution < -0.4 is 20.4 Å². The highest BCUT2D eigenvalue weighted by atomic mass is 16.2. The van der Waals surface area contributed by atoms with Gasteiger partial charge in [0, 0.05) is 16.9 Å². The maximum atomic E-state index is 13.0. The van der Waals surface area contributed by atoms with Crippen LogP contribution in [0.15, 0.2) is 24.3 Å². The average Bonchev–Trinajstić information content (AvgIpc) is 2.73. The minimum atomic E-state index is -0.208. The lowest BCUT2D eigenvalue weighted by Gasteiger charge is -2.57. The smallest absolute Gasteiger partial charge is 0.242 e. The highest BCUT2D eigenvalue weighted by molar-refractivity contribution is 5.85. The predicted octanol–water partition coefficient (Wildman–Crippen LogP) is 2.30. The SMILES string of the molecule is CC[NH+]1CCN(c2ccc(N[C@@H](C)C(=O)NC34CC5CC(CC(C5)C3)C4)cc2)CC1. The average molecular weight is 412 g/mol. The predicted molar refractivity (Wildman–Crippen MR) is 122 cm³/mol. The number of quaternary nitrogens is 1. The molecule has 164 valence electrons.